The molecule has 1 saturated carbocycles. The molecule has 2 aromatic rings. The lowest BCUT2D eigenvalue weighted by atomic mass is 9.86. The van der Waals surface area contributed by atoms with E-state index >= 15 is 0 Å². The van der Waals surface area contributed by atoms with Crippen molar-refractivity contribution in [1.29, 1.82) is 0 Å². The van der Waals surface area contributed by atoms with Crippen molar-refractivity contribution in [2.75, 3.05) is 17.9 Å². The summed E-state index contributed by atoms with van der Waals surface area (Å²) in [6, 6.07) is 9.40. The molecule has 1 unspecified atom stereocenters. The van der Waals surface area contributed by atoms with Gasteiger partial charge in [-0.15, -0.1) is 0 Å². The predicted molar refractivity (Wildman–Crippen MR) is 146 cm³/mol. The van der Waals surface area contributed by atoms with Crippen LogP contribution in [0.2, 0.25) is 0 Å². The first kappa shape index (κ1) is 28.6. The lowest BCUT2D eigenvalue weighted by Crippen LogP contribution is -2.43. The fourth-order valence-corrected chi connectivity index (χ4v) is 6.28. The van der Waals surface area contributed by atoms with Crippen LogP contribution in [0.15, 0.2) is 47.4 Å². The Kier molecular flexibility index (Phi) is 9.27. The summed E-state index contributed by atoms with van der Waals surface area (Å²) in [7, 11) is -4.00. The van der Waals surface area contributed by atoms with Crippen LogP contribution in [0.1, 0.15) is 85.9 Å². The van der Waals surface area contributed by atoms with E-state index in [0.29, 0.717) is 6.61 Å². The van der Waals surface area contributed by atoms with Crippen LogP contribution in [0, 0.1) is 5.92 Å². The molecule has 1 heterocycles. The average Bonchev–Trinajstić information content (AvgIpc) is 3.17. The van der Waals surface area contributed by atoms with Crippen LogP contribution in [0.3, 0.4) is 0 Å². The van der Waals surface area contributed by atoms with Crippen molar-refractivity contribution in [2.45, 2.75) is 76.2 Å². The van der Waals surface area contributed by atoms with E-state index in [1.54, 1.807) is 25.1 Å². The fraction of sp³-hybridized carbons (Fsp3) is 0.483. The molecule has 0 saturated heterocycles. The second-order valence-electron chi connectivity index (χ2n) is 10.1. The third-order valence-electron chi connectivity index (χ3n) is 7.32. The minimum absolute atomic E-state index is 0.00782. The fourth-order valence-electron chi connectivity index (χ4n) is 5.20. The maximum atomic E-state index is 13.2. The summed E-state index contributed by atoms with van der Waals surface area (Å²) in [4.78, 5) is 39.5. The van der Waals surface area contributed by atoms with E-state index in [9.17, 15) is 22.8 Å². The zero-order valence-electron chi connectivity index (χ0n) is 22.5. The summed E-state index contributed by atoms with van der Waals surface area (Å²) in [6.45, 7) is 3.49. The second-order valence-corrected chi connectivity index (χ2v) is 11.8. The molecule has 210 valence electrons. The summed E-state index contributed by atoms with van der Waals surface area (Å²) in [5.74, 6) is -1.16. The molecule has 0 radical (unpaired) electrons. The first-order valence-corrected chi connectivity index (χ1v) is 15.1. The van der Waals surface area contributed by atoms with E-state index < -0.39 is 33.8 Å². The van der Waals surface area contributed by atoms with E-state index in [2.05, 4.69) is 4.72 Å². The van der Waals surface area contributed by atoms with Gasteiger partial charge < -0.3 is 9.47 Å². The number of sulfonamides is 1. The van der Waals surface area contributed by atoms with E-state index in [-0.39, 0.29) is 34.1 Å². The Labute approximate surface area is 229 Å². The number of anilines is 1. The summed E-state index contributed by atoms with van der Waals surface area (Å²) in [5.41, 5.74) is 0.0965. The molecule has 2 aromatic carbocycles. The zero-order valence-corrected chi connectivity index (χ0v) is 23.3. The van der Waals surface area contributed by atoms with E-state index in [0.717, 1.165) is 30.1 Å². The number of hydrogen-bond donors (Lipinski definition) is 1. The molecule has 1 atom stereocenters. The number of nitrogens with zero attached hydrogens (tertiary/aromatic N) is 1. The molecule has 0 spiro atoms. The van der Waals surface area contributed by atoms with Crippen molar-refractivity contribution in [2.24, 2.45) is 5.92 Å². The molecule has 1 aliphatic heterocycles. The van der Waals surface area contributed by atoms with Crippen LogP contribution in [0.5, 0.6) is 5.75 Å². The van der Waals surface area contributed by atoms with Gasteiger partial charge in [-0.05, 0) is 56.9 Å². The molecule has 0 bridgehead atoms. The zero-order chi connectivity index (χ0) is 28.0. The van der Waals surface area contributed by atoms with Gasteiger partial charge in [0.05, 0.1) is 34.9 Å². The van der Waals surface area contributed by atoms with Gasteiger partial charge in [-0.25, -0.2) is 13.2 Å². The SMILES string of the molecule is CCOC(=O)C(C)N1C(=O)c2cc(NS(=O)(=O)c3ccccc3)c(OCCCCC3CCCCC3)cc2C1=O. The molecule has 2 aliphatic rings. The first-order valence-electron chi connectivity index (χ1n) is 13.7. The lowest BCUT2D eigenvalue weighted by Gasteiger charge is -2.21. The largest absolute Gasteiger partial charge is 0.491 e. The Hall–Kier alpha value is -3.40. The van der Waals surface area contributed by atoms with Crippen molar-refractivity contribution in [1.82, 2.24) is 4.90 Å². The molecular formula is C29H36N2O7S. The molecule has 1 aliphatic carbocycles. The second kappa shape index (κ2) is 12.6. The van der Waals surface area contributed by atoms with Gasteiger partial charge in [0, 0.05) is 0 Å². The number of amides is 2. The highest BCUT2D eigenvalue weighted by atomic mass is 32.2. The number of unbranched alkanes of at least 4 members (excludes halogenated alkanes) is 1. The van der Waals surface area contributed by atoms with Crippen LogP contribution in [0.25, 0.3) is 0 Å². The van der Waals surface area contributed by atoms with Crippen molar-refractivity contribution in [3.05, 3.63) is 53.6 Å². The van der Waals surface area contributed by atoms with Crippen molar-refractivity contribution in [3.63, 3.8) is 0 Å². The number of rotatable bonds is 12. The highest BCUT2D eigenvalue weighted by Gasteiger charge is 2.42. The first-order chi connectivity index (χ1) is 18.7. The highest BCUT2D eigenvalue weighted by Crippen LogP contribution is 2.36. The van der Waals surface area contributed by atoms with Crippen molar-refractivity contribution in [3.8, 4) is 5.75 Å². The number of carbonyl (C=O) groups excluding carboxylic acids is 3. The minimum Gasteiger partial charge on any atom is -0.491 e. The van der Waals surface area contributed by atoms with Crippen LogP contribution < -0.4 is 9.46 Å². The Morgan fingerprint density at radius 3 is 2.36 bits per heavy atom. The minimum atomic E-state index is -4.00. The van der Waals surface area contributed by atoms with Crippen LogP contribution in [-0.2, 0) is 19.6 Å². The number of nitrogens with one attached hydrogen (secondary N) is 1. The average molecular weight is 557 g/mol. The number of benzene rings is 2. The monoisotopic (exact) mass is 556 g/mol. The molecular weight excluding hydrogens is 520 g/mol. The molecule has 2 amide bonds. The van der Waals surface area contributed by atoms with Crippen molar-refractivity contribution < 1.29 is 32.3 Å². The van der Waals surface area contributed by atoms with Crippen LogP contribution in [0.4, 0.5) is 5.69 Å². The maximum Gasteiger partial charge on any atom is 0.329 e. The van der Waals surface area contributed by atoms with Crippen LogP contribution >= 0.6 is 0 Å². The molecule has 0 aromatic heterocycles. The summed E-state index contributed by atoms with van der Waals surface area (Å²) >= 11 is 0. The number of imide groups is 1. The molecule has 39 heavy (non-hydrogen) atoms. The molecule has 1 fully saturated rings. The number of carbonyl (C=O) groups is 3. The van der Waals surface area contributed by atoms with Crippen molar-refractivity contribution >= 4 is 33.5 Å². The number of ether oxygens (including phenoxy) is 2. The summed E-state index contributed by atoms with van der Waals surface area (Å²) in [5, 5.41) is 0. The lowest BCUT2D eigenvalue weighted by molar-refractivity contribution is -0.147. The van der Waals surface area contributed by atoms with Gasteiger partial charge >= 0.3 is 5.97 Å². The Morgan fingerprint density at radius 2 is 1.69 bits per heavy atom. The predicted octanol–water partition coefficient (Wildman–Crippen LogP) is 5.16. The van der Waals surface area contributed by atoms with Gasteiger partial charge in [0.1, 0.15) is 11.8 Å². The Morgan fingerprint density at radius 1 is 1.03 bits per heavy atom. The molecule has 9 nitrogen and oxygen atoms in total. The molecule has 10 heteroatoms. The van der Waals surface area contributed by atoms with Gasteiger partial charge in [0.2, 0.25) is 0 Å². The number of fused-ring (bicyclic) bond motifs is 1. The third-order valence-corrected chi connectivity index (χ3v) is 8.70. The third kappa shape index (κ3) is 6.61. The highest BCUT2D eigenvalue weighted by molar-refractivity contribution is 7.92. The summed E-state index contributed by atoms with van der Waals surface area (Å²) in [6.07, 6.45) is 9.34. The Bertz CT molecular complexity index is 1300. The summed E-state index contributed by atoms with van der Waals surface area (Å²) < 4.78 is 39.7. The van der Waals surface area contributed by atoms with Crippen LogP contribution in [-0.4, -0.2) is 50.4 Å². The Balaban J connectivity index is 1.57. The van der Waals surface area contributed by atoms with E-state index in [4.69, 9.17) is 9.47 Å². The number of hydrogen-bond acceptors (Lipinski definition) is 7. The van der Waals surface area contributed by atoms with E-state index in [1.165, 1.54) is 63.3 Å². The van der Waals surface area contributed by atoms with Gasteiger partial charge in [-0.1, -0.05) is 56.7 Å². The van der Waals surface area contributed by atoms with Gasteiger partial charge in [0.15, 0.2) is 0 Å². The standard InChI is InChI=1S/C29H36N2O7S/c1-3-37-29(34)20(2)31-27(32)23-18-25(30-39(35,36)22-15-8-5-9-16-22)26(19-24(23)28(31)33)38-17-11-10-14-21-12-6-4-7-13-21/h5,8-9,15-16,18-21,30H,3-4,6-7,10-14,17H2,1-2H3. The van der Waals surface area contributed by atoms with Gasteiger partial charge in [0.25, 0.3) is 21.8 Å². The maximum absolute atomic E-state index is 13.2. The topological polar surface area (TPSA) is 119 Å². The van der Waals surface area contributed by atoms with Gasteiger partial charge in [-0.3, -0.25) is 19.2 Å². The molecule has 4 rings (SSSR count). The smallest absolute Gasteiger partial charge is 0.329 e. The number of esters is 1. The quantitative estimate of drug-likeness (QED) is 0.218. The van der Waals surface area contributed by atoms with E-state index in [1.807, 2.05) is 0 Å². The van der Waals surface area contributed by atoms with Gasteiger partial charge in [-0.2, -0.15) is 0 Å². The molecule has 1 N–H and O–H groups in total. The normalized spacial score (nSPS) is 16.6.